The first-order valence-corrected chi connectivity index (χ1v) is 8.01. The molecule has 0 spiro atoms. The topological polar surface area (TPSA) is 89.7 Å². The molecular weight excluding hydrogens is 336 g/mol. The summed E-state index contributed by atoms with van der Waals surface area (Å²) in [5.41, 5.74) is 1.71. The highest BCUT2D eigenvalue weighted by molar-refractivity contribution is 6.22. The zero-order valence-corrected chi connectivity index (χ0v) is 14.1. The van der Waals surface area contributed by atoms with Crippen molar-refractivity contribution >= 4 is 28.9 Å². The third kappa shape index (κ3) is 2.45. The van der Waals surface area contributed by atoms with Crippen LogP contribution in [0.4, 0.5) is 0 Å². The van der Waals surface area contributed by atoms with Crippen LogP contribution in [0.5, 0.6) is 5.75 Å². The van der Waals surface area contributed by atoms with Crippen LogP contribution in [0.1, 0.15) is 33.5 Å². The summed E-state index contributed by atoms with van der Waals surface area (Å²) in [5.74, 6) is -0.965. The number of hydrogen-bond donors (Lipinski definition) is 0. The van der Waals surface area contributed by atoms with Crippen molar-refractivity contribution in [3.8, 4) is 5.75 Å². The molecule has 26 heavy (non-hydrogen) atoms. The molecule has 0 radical (unpaired) electrons. The van der Waals surface area contributed by atoms with E-state index < -0.39 is 23.8 Å². The Labute approximate surface area is 148 Å². The third-order valence-corrected chi connectivity index (χ3v) is 4.24. The highest BCUT2D eigenvalue weighted by atomic mass is 16.5. The minimum atomic E-state index is -1.06. The zero-order valence-electron chi connectivity index (χ0n) is 14.1. The maximum absolute atomic E-state index is 12.5. The van der Waals surface area contributed by atoms with Gasteiger partial charge in [0.05, 0.1) is 11.1 Å². The lowest BCUT2D eigenvalue weighted by molar-refractivity contribution is -0.138. The number of benzene rings is 2. The number of ether oxygens (including phenoxy) is 1. The molecule has 1 aliphatic heterocycles. The van der Waals surface area contributed by atoms with Crippen molar-refractivity contribution in [3.05, 3.63) is 59.5 Å². The Morgan fingerprint density at radius 3 is 2.42 bits per heavy atom. The molecular formula is C19H14N2O5. The number of esters is 1. The lowest BCUT2D eigenvalue weighted by Crippen LogP contribution is -2.44. The molecule has 0 saturated heterocycles. The van der Waals surface area contributed by atoms with Crippen LogP contribution in [-0.4, -0.2) is 33.7 Å². The maximum atomic E-state index is 12.5. The summed E-state index contributed by atoms with van der Waals surface area (Å²) in [6, 6.07) is 10.2. The second kappa shape index (κ2) is 5.80. The monoisotopic (exact) mass is 350 g/mol. The summed E-state index contributed by atoms with van der Waals surface area (Å²) in [5, 5.41) is 0. The number of imide groups is 1. The number of aromatic nitrogens is 1. The first-order valence-electron chi connectivity index (χ1n) is 8.01. The Bertz CT molecular complexity index is 1030. The lowest BCUT2D eigenvalue weighted by atomic mass is 10.1. The van der Waals surface area contributed by atoms with Gasteiger partial charge in [-0.3, -0.25) is 14.5 Å². The van der Waals surface area contributed by atoms with Crippen LogP contribution in [0.2, 0.25) is 0 Å². The molecule has 3 aromatic rings. The molecule has 0 N–H and O–H groups in total. The molecule has 0 bridgehead atoms. The molecule has 1 aromatic heterocycles. The van der Waals surface area contributed by atoms with E-state index in [4.69, 9.17) is 9.15 Å². The Hall–Kier alpha value is -3.48. The van der Waals surface area contributed by atoms with Gasteiger partial charge in [0.2, 0.25) is 0 Å². The predicted octanol–water partition coefficient (Wildman–Crippen LogP) is 2.73. The zero-order chi connectivity index (χ0) is 18.4. The van der Waals surface area contributed by atoms with Gasteiger partial charge in [0, 0.05) is 13.0 Å². The van der Waals surface area contributed by atoms with E-state index >= 15 is 0 Å². The van der Waals surface area contributed by atoms with Crippen molar-refractivity contribution in [2.75, 3.05) is 0 Å². The molecule has 7 heteroatoms. The minimum Gasteiger partial charge on any atom is -0.441 e. The molecule has 2 aromatic carbocycles. The molecule has 0 aliphatic carbocycles. The second-order valence-corrected chi connectivity index (χ2v) is 5.99. The second-order valence-electron chi connectivity index (χ2n) is 5.99. The average Bonchev–Trinajstić information content (AvgIpc) is 3.11. The van der Waals surface area contributed by atoms with Gasteiger partial charge < -0.3 is 9.15 Å². The number of rotatable bonds is 3. The van der Waals surface area contributed by atoms with Gasteiger partial charge in [-0.2, -0.15) is 0 Å². The summed E-state index contributed by atoms with van der Waals surface area (Å²) >= 11 is 0. The van der Waals surface area contributed by atoms with Gasteiger partial charge in [-0.1, -0.05) is 12.1 Å². The summed E-state index contributed by atoms with van der Waals surface area (Å²) < 4.78 is 10.7. The van der Waals surface area contributed by atoms with Gasteiger partial charge in [0.15, 0.2) is 11.5 Å². The van der Waals surface area contributed by atoms with E-state index in [1.54, 1.807) is 49.4 Å². The molecule has 7 nitrogen and oxygen atoms in total. The fourth-order valence-electron chi connectivity index (χ4n) is 2.95. The number of fused-ring (bicyclic) bond motifs is 2. The van der Waals surface area contributed by atoms with E-state index in [1.807, 2.05) is 0 Å². The fraction of sp³-hybridized carbons (Fsp3) is 0.158. The van der Waals surface area contributed by atoms with E-state index in [0.29, 0.717) is 17.0 Å². The number of carbonyl (C=O) groups excluding carboxylic acids is 3. The number of hydrogen-bond acceptors (Lipinski definition) is 6. The molecule has 2 heterocycles. The first-order chi connectivity index (χ1) is 12.5. The van der Waals surface area contributed by atoms with Gasteiger partial charge in [-0.15, -0.1) is 0 Å². The quantitative estimate of drug-likeness (QED) is 0.410. The Morgan fingerprint density at radius 1 is 1.12 bits per heavy atom. The van der Waals surface area contributed by atoms with Crippen molar-refractivity contribution in [1.82, 2.24) is 9.88 Å². The largest absolute Gasteiger partial charge is 0.441 e. The maximum Gasteiger partial charge on any atom is 0.334 e. The van der Waals surface area contributed by atoms with Crippen molar-refractivity contribution in [3.63, 3.8) is 0 Å². The SMILES string of the molecule is Cc1nc2ccc(OC(=O)C(C)N3C(=O)c4ccccc4C3=O)cc2o1. The number of carbonyl (C=O) groups is 3. The van der Waals surface area contributed by atoms with Crippen LogP contribution < -0.4 is 4.74 Å². The number of aryl methyl sites for hydroxylation is 1. The van der Waals surface area contributed by atoms with Gasteiger partial charge in [-0.25, -0.2) is 9.78 Å². The van der Waals surface area contributed by atoms with E-state index in [2.05, 4.69) is 4.98 Å². The van der Waals surface area contributed by atoms with E-state index in [-0.39, 0.29) is 16.9 Å². The summed E-state index contributed by atoms with van der Waals surface area (Å²) in [4.78, 5) is 42.5. The standard InChI is InChI=1S/C19H14N2O5/c1-10(21-17(22)13-5-3-4-6-14(13)18(21)23)19(24)26-12-7-8-15-16(9-12)25-11(2)20-15/h3-10H,1-2H3. The summed E-state index contributed by atoms with van der Waals surface area (Å²) in [6.45, 7) is 3.18. The molecule has 0 fully saturated rings. The first kappa shape index (κ1) is 16.0. The van der Waals surface area contributed by atoms with Crippen molar-refractivity contribution < 1.29 is 23.5 Å². The third-order valence-electron chi connectivity index (χ3n) is 4.24. The number of nitrogens with zero attached hydrogens (tertiary/aromatic N) is 2. The van der Waals surface area contributed by atoms with Gasteiger partial charge in [-0.05, 0) is 31.2 Å². The summed E-state index contributed by atoms with van der Waals surface area (Å²) in [6.07, 6.45) is 0. The highest BCUT2D eigenvalue weighted by Crippen LogP contribution is 2.26. The molecule has 1 unspecified atom stereocenters. The summed E-state index contributed by atoms with van der Waals surface area (Å²) in [7, 11) is 0. The molecule has 130 valence electrons. The molecule has 0 saturated carbocycles. The van der Waals surface area contributed by atoms with Crippen LogP contribution >= 0.6 is 0 Å². The smallest absolute Gasteiger partial charge is 0.334 e. The highest BCUT2D eigenvalue weighted by Gasteiger charge is 2.41. The number of oxazole rings is 1. The van der Waals surface area contributed by atoms with Gasteiger partial charge in [0.1, 0.15) is 17.3 Å². The van der Waals surface area contributed by atoms with Crippen LogP contribution in [0.25, 0.3) is 11.1 Å². The van der Waals surface area contributed by atoms with Gasteiger partial charge >= 0.3 is 5.97 Å². The van der Waals surface area contributed by atoms with E-state index in [1.165, 1.54) is 6.92 Å². The number of amides is 2. The molecule has 1 aliphatic rings. The Balaban J connectivity index is 1.56. The fourth-order valence-corrected chi connectivity index (χ4v) is 2.95. The molecule has 2 amide bonds. The van der Waals surface area contributed by atoms with Crippen LogP contribution in [0.3, 0.4) is 0 Å². The molecule has 1 atom stereocenters. The van der Waals surface area contributed by atoms with Crippen molar-refractivity contribution in [2.45, 2.75) is 19.9 Å². The Kier molecular flexibility index (Phi) is 3.57. The lowest BCUT2D eigenvalue weighted by Gasteiger charge is -2.20. The van der Waals surface area contributed by atoms with Crippen molar-refractivity contribution in [1.29, 1.82) is 0 Å². The molecule has 4 rings (SSSR count). The van der Waals surface area contributed by atoms with Crippen molar-refractivity contribution in [2.24, 2.45) is 0 Å². The van der Waals surface area contributed by atoms with Crippen LogP contribution in [0.15, 0.2) is 46.9 Å². The van der Waals surface area contributed by atoms with Gasteiger partial charge in [0.25, 0.3) is 11.8 Å². The van der Waals surface area contributed by atoms with E-state index in [0.717, 1.165) is 4.90 Å². The average molecular weight is 350 g/mol. The normalized spacial score (nSPS) is 14.6. The van der Waals surface area contributed by atoms with Crippen LogP contribution in [0, 0.1) is 6.92 Å². The van der Waals surface area contributed by atoms with Crippen LogP contribution in [-0.2, 0) is 4.79 Å². The predicted molar refractivity (Wildman–Crippen MR) is 90.8 cm³/mol. The van der Waals surface area contributed by atoms with E-state index in [9.17, 15) is 14.4 Å². The minimum absolute atomic E-state index is 0.252. The Morgan fingerprint density at radius 2 is 1.77 bits per heavy atom.